The van der Waals surface area contributed by atoms with Gasteiger partial charge in [0.15, 0.2) is 6.29 Å². The lowest BCUT2D eigenvalue weighted by Crippen LogP contribution is -2.35. The van der Waals surface area contributed by atoms with E-state index in [9.17, 15) is 4.79 Å². The molecule has 2 heterocycles. The molecule has 0 aliphatic carbocycles. The molecule has 3 rings (SSSR count). The SMILES string of the molecule is CCOC(CN(C)c1c(C(=O)NCCc2nccs2)cnc2c(C)cccc12)OCC. The number of nitrogens with one attached hydrogen (secondary N) is 1. The van der Waals surface area contributed by atoms with Crippen LogP contribution in [0.25, 0.3) is 10.9 Å². The molecule has 1 aromatic carbocycles. The fourth-order valence-corrected chi connectivity index (χ4v) is 4.15. The predicted octanol–water partition coefficient (Wildman–Crippen LogP) is 3.81. The van der Waals surface area contributed by atoms with Crippen molar-refractivity contribution in [2.75, 3.05) is 38.3 Å². The predicted molar refractivity (Wildman–Crippen MR) is 125 cm³/mol. The lowest BCUT2D eigenvalue weighted by molar-refractivity contribution is -0.129. The number of likely N-dealkylation sites (N-methyl/N-ethyl adjacent to an activating group) is 1. The Morgan fingerprint density at radius 3 is 2.68 bits per heavy atom. The summed E-state index contributed by atoms with van der Waals surface area (Å²) in [5.41, 5.74) is 3.30. The van der Waals surface area contributed by atoms with Crippen molar-refractivity contribution < 1.29 is 14.3 Å². The molecule has 0 bridgehead atoms. The summed E-state index contributed by atoms with van der Waals surface area (Å²) in [5, 5.41) is 6.88. The van der Waals surface area contributed by atoms with E-state index in [0.717, 1.165) is 27.2 Å². The Balaban J connectivity index is 1.90. The molecule has 1 N–H and O–H groups in total. The molecule has 0 aliphatic rings. The van der Waals surface area contributed by atoms with Crippen LogP contribution in [0.3, 0.4) is 0 Å². The van der Waals surface area contributed by atoms with Gasteiger partial charge in [-0.05, 0) is 26.3 Å². The van der Waals surface area contributed by atoms with Crippen LogP contribution in [0.5, 0.6) is 0 Å². The summed E-state index contributed by atoms with van der Waals surface area (Å²) >= 11 is 1.59. The summed E-state index contributed by atoms with van der Waals surface area (Å²) in [7, 11) is 1.95. The quantitative estimate of drug-likeness (QED) is 0.455. The van der Waals surface area contributed by atoms with Crippen molar-refractivity contribution in [3.63, 3.8) is 0 Å². The third-order valence-electron chi connectivity index (χ3n) is 4.93. The Hall–Kier alpha value is -2.55. The number of rotatable bonds is 11. The second-order valence-corrected chi connectivity index (χ2v) is 8.12. The average Bonchev–Trinajstić information content (AvgIpc) is 3.27. The Morgan fingerprint density at radius 2 is 2.00 bits per heavy atom. The van der Waals surface area contributed by atoms with Crippen LogP contribution in [-0.4, -0.2) is 55.5 Å². The number of para-hydroxylation sites is 1. The summed E-state index contributed by atoms with van der Waals surface area (Å²) < 4.78 is 11.5. The summed E-state index contributed by atoms with van der Waals surface area (Å²) in [6.07, 6.45) is 3.76. The molecule has 0 unspecified atom stereocenters. The molecule has 7 nitrogen and oxygen atoms in total. The van der Waals surface area contributed by atoms with Crippen molar-refractivity contribution in [2.24, 2.45) is 0 Å². The summed E-state index contributed by atoms with van der Waals surface area (Å²) in [6.45, 7) is 8.03. The molecule has 3 aromatic rings. The van der Waals surface area contributed by atoms with Crippen LogP contribution in [-0.2, 0) is 15.9 Å². The highest BCUT2D eigenvalue weighted by molar-refractivity contribution is 7.09. The highest BCUT2D eigenvalue weighted by Crippen LogP contribution is 2.31. The first-order valence-electron chi connectivity index (χ1n) is 10.5. The van der Waals surface area contributed by atoms with Crippen LogP contribution in [0.15, 0.2) is 36.0 Å². The Bertz CT molecular complexity index is 988. The minimum Gasteiger partial charge on any atom is -0.368 e. The van der Waals surface area contributed by atoms with Gasteiger partial charge in [0.05, 0.1) is 28.3 Å². The van der Waals surface area contributed by atoms with Gasteiger partial charge in [0.25, 0.3) is 5.91 Å². The molecule has 8 heteroatoms. The second kappa shape index (κ2) is 11.2. The first kappa shape index (κ1) is 23.1. The Kier molecular flexibility index (Phi) is 8.34. The number of pyridine rings is 1. The standard InChI is InChI=1S/C23H30N4O3S/c1-5-29-20(30-6-2)15-27(4)22-17-9-7-8-16(3)21(17)26-14-18(22)23(28)25-11-10-19-24-12-13-31-19/h7-9,12-14,20H,5-6,10-11,15H2,1-4H3,(H,25,28). The third-order valence-corrected chi connectivity index (χ3v) is 5.77. The zero-order valence-corrected chi connectivity index (χ0v) is 19.4. The van der Waals surface area contributed by atoms with E-state index in [2.05, 4.69) is 15.3 Å². The molecule has 0 saturated carbocycles. The zero-order valence-electron chi connectivity index (χ0n) is 18.6. The topological polar surface area (TPSA) is 76.6 Å². The largest absolute Gasteiger partial charge is 0.368 e. The van der Waals surface area contributed by atoms with Gasteiger partial charge in [-0.25, -0.2) is 4.98 Å². The first-order valence-corrected chi connectivity index (χ1v) is 11.4. The van der Waals surface area contributed by atoms with Crippen LogP contribution in [0.1, 0.15) is 34.8 Å². The van der Waals surface area contributed by atoms with Crippen molar-refractivity contribution in [2.45, 2.75) is 33.5 Å². The summed E-state index contributed by atoms with van der Waals surface area (Å²) in [4.78, 5) is 24.0. The van der Waals surface area contributed by atoms with Crippen LogP contribution < -0.4 is 10.2 Å². The number of carbonyl (C=O) groups excluding carboxylic acids is 1. The molecule has 0 fully saturated rings. The molecule has 2 aromatic heterocycles. The molecular weight excluding hydrogens is 412 g/mol. The van der Waals surface area contributed by atoms with Crippen LogP contribution in [0.2, 0.25) is 0 Å². The minimum atomic E-state index is -0.381. The van der Waals surface area contributed by atoms with Gasteiger partial charge in [-0.2, -0.15) is 0 Å². The number of aromatic nitrogens is 2. The van der Waals surface area contributed by atoms with E-state index in [1.54, 1.807) is 23.7 Å². The summed E-state index contributed by atoms with van der Waals surface area (Å²) in [5.74, 6) is -0.154. The van der Waals surface area contributed by atoms with Crippen LogP contribution >= 0.6 is 11.3 Å². The van der Waals surface area contributed by atoms with E-state index in [-0.39, 0.29) is 12.2 Å². The number of hydrogen-bond donors (Lipinski definition) is 1. The Labute approximate surface area is 187 Å². The van der Waals surface area contributed by atoms with Crippen molar-refractivity contribution in [1.29, 1.82) is 0 Å². The lowest BCUT2D eigenvalue weighted by atomic mass is 10.0. The molecule has 1 amide bonds. The van der Waals surface area contributed by atoms with Crippen LogP contribution in [0.4, 0.5) is 5.69 Å². The fourth-order valence-electron chi connectivity index (χ4n) is 3.53. The van der Waals surface area contributed by atoms with E-state index in [1.165, 1.54) is 0 Å². The van der Waals surface area contributed by atoms with Crippen molar-refractivity contribution in [3.05, 3.63) is 52.1 Å². The van der Waals surface area contributed by atoms with Gasteiger partial charge in [-0.1, -0.05) is 18.2 Å². The van der Waals surface area contributed by atoms with Gasteiger partial charge in [0, 0.05) is 56.4 Å². The van der Waals surface area contributed by atoms with Gasteiger partial charge >= 0.3 is 0 Å². The maximum absolute atomic E-state index is 13.1. The molecule has 0 aliphatic heterocycles. The van der Waals surface area contributed by atoms with E-state index in [4.69, 9.17) is 9.47 Å². The van der Waals surface area contributed by atoms with E-state index in [1.807, 2.05) is 56.3 Å². The average molecular weight is 443 g/mol. The minimum absolute atomic E-state index is 0.154. The number of anilines is 1. The number of ether oxygens (including phenoxy) is 2. The number of aryl methyl sites for hydroxylation is 1. The fraction of sp³-hybridized carbons (Fsp3) is 0.435. The van der Waals surface area contributed by atoms with Crippen molar-refractivity contribution >= 4 is 33.8 Å². The normalized spacial score (nSPS) is 11.3. The highest BCUT2D eigenvalue weighted by Gasteiger charge is 2.22. The molecule has 0 radical (unpaired) electrons. The van der Waals surface area contributed by atoms with Gasteiger partial charge < -0.3 is 19.7 Å². The molecule has 0 spiro atoms. The third kappa shape index (κ3) is 5.78. The molecule has 31 heavy (non-hydrogen) atoms. The van der Waals surface area contributed by atoms with Gasteiger partial charge in [-0.15, -0.1) is 11.3 Å². The smallest absolute Gasteiger partial charge is 0.254 e. The van der Waals surface area contributed by atoms with Crippen molar-refractivity contribution in [3.8, 4) is 0 Å². The highest BCUT2D eigenvalue weighted by atomic mass is 32.1. The Morgan fingerprint density at radius 1 is 1.23 bits per heavy atom. The van der Waals surface area contributed by atoms with Crippen molar-refractivity contribution in [1.82, 2.24) is 15.3 Å². The molecule has 0 atom stereocenters. The van der Waals surface area contributed by atoms with Gasteiger partial charge in [-0.3, -0.25) is 9.78 Å². The van der Waals surface area contributed by atoms with E-state index in [0.29, 0.717) is 38.3 Å². The zero-order chi connectivity index (χ0) is 22.2. The summed E-state index contributed by atoms with van der Waals surface area (Å²) in [6, 6.07) is 6.02. The maximum atomic E-state index is 13.1. The molecule has 166 valence electrons. The number of benzene rings is 1. The van der Waals surface area contributed by atoms with Gasteiger partial charge in [0.1, 0.15) is 0 Å². The maximum Gasteiger partial charge on any atom is 0.254 e. The van der Waals surface area contributed by atoms with Crippen LogP contribution in [0, 0.1) is 6.92 Å². The van der Waals surface area contributed by atoms with Gasteiger partial charge in [0.2, 0.25) is 0 Å². The van der Waals surface area contributed by atoms with E-state index >= 15 is 0 Å². The second-order valence-electron chi connectivity index (χ2n) is 7.14. The number of amides is 1. The van der Waals surface area contributed by atoms with E-state index < -0.39 is 0 Å². The number of hydrogen-bond acceptors (Lipinski definition) is 7. The molecule has 0 saturated heterocycles. The monoisotopic (exact) mass is 442 g/mol. The lowest BCUT2D eigenvalue weighted by Gasteiger charge is -2.28. The number of thiazole rings is 1. The number of nitrogens with zero attached hydrogens (tertiary/aromatic N) is 3. The number of carbonyl (C=O) groups is 1. The first-order chi connectivity index (χ1) is 15.0. The molecular formula is C23H30N4O3S. The number of fused-ring (bicyclic) bond motifs is 1.